The molecule has 0 aliphatic carbocycles. The van der Waals surface area contributed by atoms with Crippen LogP contribution < -0.4 is 10.9 Å². The molecule has 0 aliphatic heterocycles. The van der Waals surface area contributed by atoms with Crippen molar-refractivity contribution in [2.75, 3.05) is 5.32 Å². The number of carbonyl (C=O) groups excluding carboxylic acids is 1. The molecule has 0 radical (unpaired) electrons. The summed E-state index contributed by atoms with van der Waals surface area (Å²) in [5.74, 6) is -1.06. The van der Waals surface area contributed by atoms with Crippen LogP contribution in [-0.4, -0.2) is 20.7 Å². The van der Waals surface area contributed by atoms with Crippen LogP contribution >= 0.6 is 0 Å². The number of benzene rings is 2. The van der Waals surface area contributed by atoms with Crippen molar-refractivity contribution in [1.82, 2.24) is 4.57 Å². The summed E-state index contributed by atoms with van der Waals surface area (Å²) < 4.78 is 1.52. The van der Waals surface area contributed by atoms with Gasteiger partial charge in [0.1, 0.15) is 17.1 Å². The monoisotopic (exact) mass is 352 g/mol. The number of nitrogens with zero attached hydrogens (tertiary/aromatic N) is 1. The van der Waals surface area contributed by atoms with Gasteiger partial charge in [-0.25, -0.2) is 0 Å². The van der Waals surface area contributed by atoms with E-state index in [1.54, 1.807) is 36.4 Å². The highest BCUT2D eigenvalue weighted by Crippen LogP contribution is 2.27. The molecule has 6 heteroatoms. The minimum atomic E-state index is -0.714. The van der Waals surface area contributed by atoms with Gasteiger partial charge in [-0.1, -0.05) is 31.5 Å². The summed E-state index contributed by atoms with van der Waals surface area (Å²) in [6, 6.07) is 13.0. The number of rotatable bonds is 5. The number of aromatic nitrogens is 1. The van der Waals surface area contributed by atoms with E-state index in [0.717, 1.165) is 12.8 Å². The Morgan fingerprint density at radius 2 is 1.88 bits per heavy atom. The number of anilines is 1. The van der Waals surface area contributed by atoms with Gasteiger partial charge in [-0.2, -0.15) is 0 Å². The molecule has 1 amide bonds. The van der Waals surface area contributed by atoms with Gasteiger partial charge in [0.2, 0.25) is 0 Å². The molecule has 0 spiro atoms. The zero-order valence-corrected chi connectivity index (χ0v) is 14.4. The zero-order chi connectivity index (χ0) is 18.7. The smallest absolute Gasteiger partial charge is 0.267 e. The lowest BCUT2D eigenvalue weighted by Gasteiger charge is -2.15. The third kappa shape index (κ3) is 3.26. The highest BCUT2D eigenvalue weighted by molar-refractivity contribution is 6.09. The van der Waals surface area contributed by atoms with E-state index in [1.165, 1.54) is 16.7 Å². The molecule has 3 aromatic rings. The number of hydrogen-bond donors (Lipinski definition) is 3. The molecule has 134 valence electrons. The standard InChI is InChI=1S/C20H20N2O4/c1-2-3-11-22-16-10-5-4-9-15(16)18(24)17(20(22)26)19(25)21-13-7-6-8-14(23)12-13/h4-10,12,23-24H,2-3,11H2,1H3,(H,21,25). The lowest BCUT2D eigenvalue weighted by atomic mass is 10.1. The molecule has 0 atom stereocenters. The molecule has 0 bridgehead atoms. The van der Waals surface area contributed by atoms with Crippen LogP contribution in [0.4, 0.5) is 5.69 Å². The summed E-state index contributed by atoms with van der Waals surface area (Å²) in [4.78, 5) is 25.6. The maximum absolute atomic E-state index is 12.9. The molecule has 26 heavy (non-hydrogen) atoms. The number of phenolic OH excluding ortho intramolecular Hbond substituents is 1. The quantitative estimate of drug-likeness (QED) is 0.656. The predicted octanol–water partition coefficient (Wildman–Crippen LogP) is 3.47. The van der Waals surface area contributed by atoms with Gasteiger partial charge >= 0.3 is 0 Å². The Balaban J connectivity index is 2.12. The van der Waals surface area contributed by atoms with Crippen molar-refractivity contribution < 1.29 is 15.0 Å². The Kier molecular flexibility index (Phi) is 4.93. The van der Waals surface area contributed by atoms with Gasteiger partial charge < -0.3 is 20.1 Å². The van der Waals surface area contributed by atoms with Crippen molar-refractivity contribution in [2.24, 2.45) is 0 Å². The average Bonchev–Trinajstić information content (AvgIpc) is 2.62. The normalized spacial score (nSPS) is 10.8. The molecule has 0 unspecified atom stereocenters. The van der Waals surface area contributed by atoms with Crippen LogP contribution in [0.1, 0.15) is 30.1 Å². The topological polar surface area (TPSA) is 91.6 Å². The predicted molar refractivity (Wildman–Crippen MR) is 101 cm³/mol. The fourth-order valence-corrected chi connectivity index (χ4v) is 2.91. The summed E-state index contributed by atoms with van der Waals surface area (Å²) in [5.41, 5.74) is 0.0925. The van der Waals surface area contributed by atoms with Crippen LogP contribution in [0.2, 0.25) is 0 Å². The van der Waals surface area contributed by atoms with E-state index in [0.29, 0.717) is 23.1 Å². The minimum absolute atomic E-state index is 0.00844. The van der Waals surface area contributed by atoms with E-state index < -0.39 is 11.5 Å². The fourth-order valence-electron chi connectivity index (χ4n) is 2.91. The lowest BCUT2D eigenvalue weighted by Crippen LogP contribution is -2.30. The Morgan fingerprint density at radius 1 is 1.12 bits per heavy atom. The summed E-state index contributed by atoms with van der Waals surface area (Å²) >= 11 is 0. The van der Waals surface area contributed by atoms with Crippen LogP contribution in [-0.2, 0) is 6.54 Å². The van der Waals surface area contributed by atoms with E-state index in [2.05, 4.69) is 5.32 Å². The fraction of sp³-hybridized carbons (Fsp3) is 0.200. The number of phenols is 1. The number of aromatic hydroxyl groups is 2. The van der Waals surface area contributed by atoms with Gasteiger partial charge in [-0.05, 0) is 30.7 Å². The molecule has 2 aromatic carbocycles. The maximum atomic E-state index is 12.9. The number of nitrogens with one attached hydrogen (secondary N) is 1. The maximum Gasteiger partial charge on any atom is 0.267 e. The van der Waals surface area contributed by atoms with Crippen molar-refractivity contribution in [3.8, 4) is 11.5 Å². The third-order valence-corrected chi connectivity index (χ3v) is 4.21. The first-order valence-corrected chi connectivity index (χ1v) is 8.47. The molecule has 0 aliphatic rings. The van der Waals surface area contributed by atoms with Crippen molar-refractivity contribution >= 4 is 22.5 Å². The van der Waals surface area contributed by atoms with Gasteiger partial charge in [0.25, 0.3) is 11.5 Å². The first-order chi connectivity index (χ1) is 12.5. The van der Waals surface area contributed by atoms with E-state index in [9.17, 15) is 19.8 Å². The Morgan fingerprint density at radius 3 is 2.62 bits per heavy atom. The third-order valence-electron chi connectivity index (χ3n) is 4.21. The molecular formula is C20H20N2O4. The molecule has 0 saturated carbocycles. The Labute approximate surface area is 150 Å². The largest absolute Gasteiger partial charge is 0.508 e. The number of pyridine rings is 1. The minimum Gasteiger partial charge on any atom is -0.508 e. The van der Waals surface area contributed by atoms with Gasteiger partial charge in [-0.3, -0.25) is 9.59 Å². The van der Waals surface area contributed by atoms with Crippen LogP contribution in [0, 0.1) is 0 Å². The molecule has 6 nitrogen and oxygen atoms in total. The van der Waals surface area contributed by atoms with Crippen molar-refractivity contribution in [1.29, 1.82) is 0 Å². The van der Waals surface area contributed by atoms with Crippen molar-refractivity contribution in [3.63, 3.8) is 0 Å². The van der Waals surface area contributed by atoms with Gasteiger partial charge in [0, 0.05) is 23.7 Å². The first-order valence-electron chi connectivity index (χ1n) is 8.47. The molecular weight excluding hydrogens is 332 g/mol. The number of fused-ring (bicyclic) bond motifs is 1. The lowest BCUT2D eigenvalue weighted by molar-refractivity contribution is 0.102. The number of aryl methyl sites for hydroxylation is 1. The Bertz CT molecular complexity index is 1020. The van der Waals surface area contributed by atoms with Crippen LogP contribution in [0.25, 0.3) is 10.9 Å². The van der Waals surface area contributed by atoms with E-state index in [1.807, 2.05) is 6.92 Å². The highest BCUT2D eigenvalue weighted by atomic mass is 16.3. The second kappa shape index (κ2) is 7.31. The Hall–Kier alpha value is -3.28. The van der Waals surface area contributed by atoms with Crippen LogP contribution in [0.5, 0.6) is 11.5 Å². The number of para-hydroxylation sites is 1. The molecule has 1 heterocycles. The van der Waals surface area contributed by atoms with E-state index >= 15 is 0 Å². The first kappa shape index (κ1) is 17.5. The van der Waals surface area contributed by atoms with E-state index in [4.69, 9.17) is 0 Å². The number of unbranched alkanes of at least 4 members (excludes halogenated alkanes) is 1. The average molecular weight is 352 g/mol. The zero-order valence-electron chi connectivity index (χ0n) is 14.4. The molecule has 1 aromatic heterocycles. The van der Waals surface area contributed by atoms with Gasteiger partial charge in [0.05, 0.1) is 5.52 Å². The summed E-state index contributed by atoms with van der Waals surface area (Å²) in [5, 5.41) is 23.1. The number of hydrogen-bond acceptors (Lipinski definition) is 4. The molecule has 3 N–H and O–H groups in total. The number of amides is 1. The second-order valence-electron chi connectivity index (χ2n) is 6.06. The van der Waals surface area contributed by atoms with E-state index in [-0.39, 0.29) is 17.1 Å². The summed E-state index contributed by atoms with van der Waals surface area (Å²) in [6.45, 7) is 2.48. The molecule has 3 rings (SSSR count). The van der Waals surface area contributed by atoms with Gasteiger partial charge in [0.15, 0.2) is 0 Å². The van der Waals surface area contributed by atoms with Gasteiger partial charge in [-0.15, -0.1) is 0 Å². The highest BCUT2D eigenvalue weighted by Gasteiger charge is 2.22. The SMILES string of the molecule is CCCCn1c(=O)c(C(=O)Nc2cccc(O)c2)c(O)c2ccccc21. The molecule has 0 saturated heterocycles. The van der Waals surface area contributed by atoms with Crippen molar-refractivity contribution in [3.05, 3.63) is 64.4 Å². The van der Waals surface area contributed by atoms with Crippen LogP contribution in [0.3, 0.4) is 0 Å². The second-order valence-corrected chi connectivity index (χ2v) is 6.06. The van der Waals surface area contributed by atoms with Crippen LogP contribution in [0.15, 0.2) is 53.3 Å². The summed E-state index contributed by atoms with van der Waals surface area (Å²) in [6.07, 6.45) is 1.68. The molecule has 0 fully saturated rings. The number of carbonyl (C=O) groups is 1. The summed E-state index contributed by atoms with van der Waals surface area (Å²) in [7, 11) is 0. The van der Waals surface area contributed by atoms with Crippen molar-refractivity contribution in [2.45, 2.75) is 26.3 Å².